The van der Waals surface area contributed by atoms with Crippen molar-refractivity contribution >= 4 is 38.6 Å². The zero-order valence-electron chi connectivity index (χ0n) is 13.8. The van der Waals surface area contributed by atoms with E-state index in [2.05, 4.69) is 10.0 Å². The Morgan fingerprint density at radius 2 is 2.04 bits per heavy atom. The van der Waals surface area contributed by atoms with Gasteiger partial charge in [0.15, 0.2) is 0 Å². The van der Waals surface area contributed by atoms with Gasteiger partial charge in [0.1, 0.15) is 4.21 Å². The van der Waals surface area contributed by atoms with E-state index in [-0.39, 0.29) is 4.21 Å². The van der Waals surface area contributed by atoms with Crippen LogP contribution in [0, 0.1) is 0 Å². The number of amides is 1. The van der Waals surface area contributed by atoms with Crippen LogP contribution >= 0.6 is 11.3 Å². The largest absolute Gasteiger partial charge is 0.375 e. The molecule has 2 N–H and O–H groups in total. The highest BCUT2D eigenvalue weighted by atomic mass is 32.2. The molecule has 0 spiro atoms. The van der Waals surface area contributed by atoms with E-state index in [1.807, 2.05) is 37.1 Å². The highest BCUT2D eigenvalue weighted by Crippen LogP contribution is 2.19. The normalized spacial score (nSPS) is 12.6. The van der Waals surface area contributed by atoms with Gasteiger partial charge < -0.3 is 10.2 Å². The van der Waals surface area contributed by atoms with Gasteiger partial charge in [-0.05, 0) is 43.5 Å². The Labute approximate surface area is 146 Å². The summed E-state index contributed by atoms with van der Waals surface area (Å²) in [5, 5.41) is 4.42. The number of rotatable bonds is 7. The summed E-state index contributed by atoms with van der Waals surface area (Å²) in [6.07, 6.45) is 0. The summed E-state index contributed by atoms with van der Waals surface area (Å²) >= 11 is 1.11. The molecule has 24 heavy (non-hydrogen) atoms. The lowest BCUT2D eigenvalue weighted by Gasteiger charge is -2.18. The lowest BCUT2D eigenvalue weighted by atomic mass is 10.2. The molecule has 0 aliphatic rings. The van der Waals surface area contributed by atoms with Crippen LogP contribution in [0.15, 0.2) is 46.0 Å². The predicted octanol–water partition coefficient (Wildman–Crippen LogP) is 2.51. The van der Waals surface area contributed by atoms with Gasteiger partial charge in [0.05, 0.1) is 6.04 Å². The Kier molecular flexibility index (Phi) is 5.98. The summed E-state index contributed by atoms with van der Waals surface area (Å²) in [6, 6.07) is 9.68. The first-order valence-corrected chi connectivity index (χ1v) is 9.87. The minimum Gasteiger partial charge on any atom is -0.375 e. The Balaban J connectivity index is 2.04. The van der Waals surface area contributed by atoms with Crippen LogP contribution in [0.4, 0.5) is 11.4 Å². The minimum atomic E-state index is -3.68. The van der Waals surface area contributed by atoms with Gasteiger partial charge in [-0.15, -0.1) is 11.3 Å². The number of hydrogen-bond donors (Lipinski definition) is 2. The van der Waals surface area contributed by atoms with E-state index in [0.717, 1.165) is 23.6 Å². The van der Waals surface area contributed by atoms with Crippen molar-refractivity contribution < 1.29 is 13.2 Å². The third-order valence-corrected chi connectivity index (χ3v) is 6.45. The van der Waals surface area contributed by atoms with Gasteiger partial charge in [0.25, 0.3) is 10.0 Å². The van der Waals surface area contributed by atoms with Crippen LogP contribution in [0.3, 0.4) is 0 Å². The zero-order chi connectivity index (χ0) is 17.7. The molecule has 130 valence electrons. The summed E-state index contributed by atoms with van der Waals surface area (Å²) in [6.45, 7) is 4.39. The van der Waals surface area contributed by atoms with E-state index in [9.17, 15) is 13.2 Å². The Morgan fingerprint density at radius 1 is 1.29 bits per heavy atom. The molecule has 1 unspecified atom stereocenters. The van der Waals surface area contributed by atoms with Crippen LogP contribution < -0.4 is 14.9 Å². The lowest BCUT2D eigenvalue weighted by molar-refractivity contribution is -0.117. The van der Waals surface area contributed by atoms with Gasteiger partial charge in [0, 0.05) is 25.0 Å². The number of carbonyl (C=O) groups excluding carboxylic acids is 1. The molecule has 2 rings (SSSR count). The molecule has 1 atom stereocenters. The van der Waals surface area contributed by atoms with Crippen LogP contribution in [-0.2, 0) is 14.8 Å². The number of nitrogens with one attached hydrogen (secondary N) is 2. The van der Waals surface area contributed by atoms with E-state index in [4.69, 9.17) is 0 Å². The molecular weight excluding hydrogens is 346 g/mol. The monoisotopic (exact) mass is 367 g/mol. The van der Waals surface area contributed by atoms with Gasteiger partial charge in [0.2, 0.25) is 5.91 Å². The van der Waals surface area contributed by atoms with Crippen LogP contribution in [0.1, 0.15) is 13.8 Å². The van der Waals surface area contributed by atoms with Gasteiger partial charge in [-0.3, -0.25) is 4.79 Å². The van der Waals surface area contributed by atoms with Crippen LogP contribution in [0.25, 0.3) is 0 Å². The molecular formula is C16H21N3O3S2. The summed E-state index contributed by atoms with van der Waals surface area (Å²) in [7, 11) is -1.72. The number of carbonyl (C=O) groups is 1. The maximum Gasteiger partial charge on any atom is 0.250 e. The molecule has 0 bridgehead atoms. The van der Waals surface area contributed by atoms with Gasteiger partial charge >= 0.3 is 0 Å². The van der Waals surface area contributed by atoms with Crippen molar-refractivity contribution in [2.24, 2.45) is 0 Å². The molecule has 1 amide bonds. The van der Waals surface area contributed by atoms with Gasteiger partial charge in [-0.2, -0.15) is 4.72 Å². The highest BCUT2D eigenvalue weighted by molar-refractivity contribution is 7.91. The molecule has 0 saturated carbocycles. The van der Waals surface area contributed by atoms with E-state index in [1.165, 1.54) is 13.0 Å². The molecule has 0 aliphatic heterocycles. The highest BCUT2D eigenvalue weighted by Gasteiger charge is 2.22. The second-order valence-corrected chi connectivity index (χ2v) is 8.22. The fourth-order valence-electron chi connectivity index (χ4n) is 2.01. The quantitative estimate of drug-likeness (QED) is 0.788. The van der Waals surface area contributed by atoms with Crippen molar-refractivity contribution in [2.45, 2.75) is 24.1 Å². The predicted molar refractivity (Wildman–Crippen MR) is 98.1 cm³/mol. The Bertz CT molecular complexity index is 789. The van der Waals surface area contributed by atoms with E-state index >= 15 is 0 Å². The Morgan fingerprint density at radius 3 is 2.67 bits per heavy atom. The molecule has 6 nitrogen and oxygen atoms in total. The average Bonchev–Trinajstić information content (AvgIpc) is 3.09. The van der Waals surface area contributed by atoms with Crippen molar-refractivity contribution in [1.82, 2.24) is 4.72 Å². The SMILES string of the molecule is CCN(C)c1cccc(NC(=O)C(C)NS(=O)(=O)c2cccs2)c1. The second kappa shape index (κ2) is 7.78. The standard InChI is InChI=1S/C16H21N3O3S2/c1-4-19(3)14-8-5-7-13(11-14)17-16(20)12(2)18-24(21,22)15-9-6-10-23-15/h5-12,18H,4H2,1-3H3,(H,17,20). The van der Waals surface area contributed by atoms with Crippen molar-refractivity contribution in [1.29, 1.82) is 0 Å². The third-order valence-electron chi connectivity index (χ3n) is 3.51. The number of nitrogens with zero attached hydrogens (tertiary/aromatic N) is 1. The van der Waals surface area contributed by atoms with E-state index < -0.39 is 22.0 Å². The number of anilines is 2. The maximum absolute atomic E-state index is 12.3. The topological polar surface area (TPSA) is 78.5 Å². The molecule has 0 radical (unpaired) electrons. The Hall–Kier alpha value is -1.90. The zero-order valence-corrected chi connectivity index (χ0v) is 15.4. The second-order valence-electron chi connectivity index (χ2n) is 5.33. The van der Waals surface area contributed by atoms with E-state index in [1.54, 1.807) is 17.5 Å². The third kappa shape index (κ3) is 4.56. The molecule has 0 aliphatic carbocycles. The van der Waals surface area contributed by atoms with Crippen molar-refractivity contribution in [3.8, 4) is 0 Å². The minimum absolute atomic E-state index is 0.189. The maximum atomic E-state index is 12.3. The van der Waals surface area contributed by atoms with Crippen molar-refractivity contribution in [2.75, 3.05) is 23.8 Å². The fraction of sp³-hybridized carbons (Fsp3) is 0.312. The van der Waals surface area contributed by atoms with Crippen molar-refractivity contribution in [3.63, 3.8) is 0 Å². The summed E-state index contributed by atoms with van der Waals surface area (Å²) in [4.78, 5) is 14.3. The van der Waals surface area contributed by atoms with Gasteiger partial charge in [-0.25, -0.2) is 8.42 Å². The fourth-order valence-corrected chi connectivity index (χ4v) is 4.23. The number of benzene rings is 1. The molecule has 0 saturated heterocycles. The number of sulfonamides is 1. The smallest absolute Gasteiger partial charge is 0.250 e. The van der Waals surface area contributed by atoms with Crippen LogP contribution in [0.2, 0.25) is 0 Å². The number of thiophene rings is 1. The number of hydrogen-bond acceptors (Lipinski definition) is 5. The average molecular weight is 367 g/mol. The van der Waals surface area contributed by atoms with Crippen LogP contribution in [-0.4, -0.2) is 34.0 Å². The molecule has 2 aromatic rings. The molecule has 1 aromatic heterocycles. The summed E-state index contributed by atoms with van der Waals surface area (Å²) in [5.74, 6) is -0.411. The molecule has 1 aromatic carbocycles. The summed E-state index contributed by atoms with van der Waals surface area (Å²) < 4.78 is 26.9. The molecule has 8 heteroatoms. The molecule has 0 fully saturated rings. The van der Waals surface area contributed by atoms with Gasteiger partial charge in [-0.1, -0.05) is 12.1 Å². The van der Waals surface area contributed by atoms with E-state index in [0.29, 0.717) is 5.69 Å². The summed E-state index contributed by atoms with van der Waals surface area (Å²) in [5.41, 5.74) is 1.60. The molecule has 1 heterocycles. The first-order chi connectivity index (χ1) is 11.3. The van der Waals surface area contributed by atoms with Crippen LogP contribution in [0.5, 0.6) is 0 Å². The first-order valence-electron chi connectivity index (χ1n) is 7.51. The lowest BCUT2D eigenvalue weighted by Crippen LogP contribution is -2.41. The van der Waals surface area contributed by atoms with Crippen molar-refractivity contribution in [3.05, 3.63) is 41.8 Å². The first kappa shape index (κ1) is 18.4.